The van der Waals surface area contributed by atoms with Crippen LogP contribution in [-0.2, 0) is 12.8 Å². The van der Waals surface area contributed by atoms with Gasteiger partial charge in [0, 0.05) is 23.7 Å². The van der Waals surface area contributed by atoms with Crippen molar-refractivity contribution in [2.45, 2.75) is 33.6 Å². The lowest BCUT2D eigenvalue weighted by Gasteiger charge is -2.13. The van der Waals surface area contributed by atoms with E-state index in [-0.39, 0.29) is 5.69 Å². The average Bonchev–Trinajstić information content (AvgIpc) is 2.40. The molecule has 1 aromatic heterocycles. The van der Waals surface area contributed by atoms with Crippen molar-refractivity contribution in [3.63, 3.8) is 0 Å². The van der Waals surface area contributed by atoms with Crippen molar-refractivity contribution >= 4 is 22.3 Å². The van der Waals surface area contributed by atoms with Crippen LogP contribution in [0.4, 0.5) is 11.4 Å². The molecule has 0 aliphatic rings. The maximum atomic E-state index is 11.7. The lowest BCUT2D eigenvalue weighted by Crippen LogP contribution is -2.11. The fourth-order valence-corrected chi connectivity index (χ4v) is 2.40. The zero-order valence-corrected chi connectivity index (χ0v) is 11.7. The van der Waals surface area contributed by atoms with Crippen molar-refractivity contribution in [2.75, 3.05) is 17.6 Å². The third kappa shape index (κ3) is 2.30. The number of rotatable bonds is 4. The van der Waals surface area contributed by atoms with E-state index in [4.69, 9.17) is 10.2 Å². The Kier molecular flexibility index (Phi) is 3.79. The van der Waals surface area contributed by atoms with Crippen LogP contribution >= 0.6 is 0 Å². The summed E-state index contributed by atoms with van der Waals surface area (Å²) >= 11 is 0. The van der Waals surface area contributed by atoms with Gasteiger partial charge < -0.3 is 15.5 Å². The smallest absolute Gasteiger partial charge is 0.359 e. The second kappa shape index (κ2) is 5.34. The van der Waals surface area contributed by atoms with Gasteiger partial charge in [-0.1, -0.05) is 13.8 Å². The summed E-state index contributed by atoms with van der Waals surface area (Å²) in [5.74, 6) is 0. The summed E-state index contributed by atoms with van der Waals surface area (Å²) in [5, 5.41) is 4.24. The molecule has 0 fully saturated rings. The molecule has 0 atom stereocenters. The quantitative estimate of drug-likeness (QED) is 0.829. The highest BCUT2D eigenvalue weighted by molar-refractivity contribution is 5.88. The lowest BCUT2D eigenvalue weighted by atomic mass is 10.0. The van der Waals surface area contributed by atoms with Crippen molar-refractivity contribution in [1.29, 1.82) is 0 Å². The van der Waals surface area contributed by atoms with E-state index < -0.39 is 5.63 Å². The molecule has 19 heavy (non-hydrogen) atoms. The van der Waals surface area contributed by atoms with Crippen molar-refractivity contribution in [3.8, 4) is 0 Å². The van der Waals surface area contributed by atoms with E-state index in [1.807, 2.05) is 19.9 Å². The standard InChI is InChI=1S/C15H20N2O2/c1-4-9-7-11-10(5-2)14(16)15(18)19-13(11)8-12(9)17-6-3/h7-8,17H,4-6,16H2,1-3H3. The summed E-state index contributed by atoms with van der Waals surface area (Å²) in [7, 11) is 0. The number of fused-ring (bicyclic) bond motifs is 1. The zero-order valence-electron chi connectivity index (χ0n) is 11.7. The van der Waals surface area contributed by atoms with Crippen LogP contribution in [0.1, 0.15) is 31.9 Å². The van der Waals surface area contributed by atoms with Gasteiger partial charge in [0.2, 0.25) is 0 Å². The fraction of sp³-hybridized carbons (Fsp3) is 0.400. The summed E-state index contributed by atoms with van der Waals surface area (Å²) < 4.78 is 5.30. The normalized spacial score (nSPS) is 10.9. The monoisotopic (exact) mass is 260 g/mol. The summed E-state index contributed by atoms with van der Waals surface area (Å²) in [4.78, 5) is 11.7. The Labute approximate surface area is 112 Å². The van der Waals surface area contributed by atoms with Crippen LogP contribution in [0.25, 0.3) is 11.0 Å². The Morgan fingerprint density at radius 1 is 1.21 bits per heavy atom. The van der Waals surface area contributed by atoms with E-state index in [0.29, 0.717) is 5.58 Å². The van der Waals surface area contributed by atoms with Gasteiger partial charge in [-0.15, -0.1) is 0 Å². The Balaban J connectivity index is 2.80. The van der Waals surface area contributed by atoms with E-state index in [9.17, 15) is 4.79 Å². The largest absolute Gasteiger partial charge is 0.421 e. The number of anilines is 2. The number of nitrogens with two attached hydrogens (primary N) is 1. The predicted octanol–water partition coefficient (Wildman–Crippen LogP) is 2.93. The number of hydrogen-bond donors (Lipinski definition) is 2. The number of nitrogens with one attached hydrogen (secondary N) is 1. The minimum Gasteiger partial charge on any atom is -0.421 e. The summed E-state index contributed by atoms with van der Waals surface area (Å²) in [6.45, 7) is 6.98. The van der Waals surface area contributed by atoms with Gasteiger partial charge in [-0.25, -0.2) is 4.79 Å². The van der Waals surface area contributed by atoms with Crippen LogP contribution in [0.15, 0.2) is 21.3 Å². The van der Waals surface area contributed by atoms with E-state index in [0.717, 1.165) is 36.0 Å². The highest BCUT2D eigenvalue weighted by atomic mass is 16.4. The molecule has 4 heteroatoms. The van der Waals surface area contributed by atoms with Crippen LogP contribution in [0.2, 0.25) is 0 Å². The summed E-state index contributed by atoms with van der Waals surface area (Å²) in [6, 6.07) is 3.98. The molecule has 0 radical (unpaired) electrons. The van der Waals surface area contributed by atoms with Crippen molar-refractivity contribution in [3.05, 3.63) is 33.7 Å². The molecule has 4 nitrogen and oxygen atoms in total. The molecule has 1 aromatic carbocycles. The van der Waals surface area contributed by atoms with Gasteiger partial charge in [0.15, 0.2) is 0 Å². The second-order valence-electron chi connectivity index (χ2n) is 4.52. The summed E-state index contributed by atoms with van der Waals surface area (Å²) in [5.41, 5.74) is 9.31. The number of aryl methyl sites for hydroxylation is 2. The van der Waals surface area contributed by atoms with Gasteiger partial charge in [0.1, 0.15) is 11.3 Å². The Morgan fingerprint density at radius 3 is 2.53 bits per heavy atom. The Bertz CT molecular complexity index is 659. The van der Waals surface area contributed by atoms with Crippen LogP contribution in [0.5, 0.6) is 0 Å². The van der Waals surface area contributed by atoms with Crippen molar-refractivity contribution in [1.82, 2.24) is 0 Å². The molecule has 102 valence electrons. The van der Waals surface area contributed by atoms with Crippen LogP contribution < -0.4 is 16.7 Å². The first kappa shape index (κ1) is 13.5. The minimum absolute atomic E-state index is 0.230. The molecule has 0 aliphatic heterocycles. The van der Waals surface area contributed by atoms with Crippen molar-refractivity contribution in [2.24, 2.45) is 0 Å². The Morgan fingerprint density at radius 2 is 1.95 bits per heavy atom. The van der Waals surface area contributed by atoms with Gasteiger partial charge in [0.25, 0.3) is 0 Å². The predicted molar refractivity (Wildman–Crippen MR) is 79.8 cm³/mol. The molecule has 0 spiro atoms. The summed E-state index contributed by atoms with van der Waals surface area (Å²) in [6.07, 6.45) is 1.64. The number of nitrogen functional groups attached to an aromatic ring is 1. The highest BCUT2D eigenvalue weighted by Crippen LogP contribution is 2.28. The van der Waals surface area contributed by atoms with Crippen LogP contribution in [-0.4, -0.2) is 6.54 Å². The molecular weight excluding hydrogens is 240 g/mol. The van der Waals surface area contributed by atoms with E-state index in [2.05, 4.69) is 18.3 Å². The lowest BCUT2D eigenvalue weighted by molar-refractivity contribution is 0.562. The maximum Gasteiger partial charge on any atom is 0.359 e. The Hall–Kier alpha value is -1.97. The minimum atomic E-state index is -0.448. The average molecular weight is 260 g/mol. The fourth-order valence-electron chi connectivity index (χ4n) is 2.40. The first-order valence-corrected chi connectivity index (χ1v) is 6.74. The first-order chi connectivity index (χ1) is 9.12. The van der Waals surface area contributed by atoms with Crippen molar-refractivity contribution < 1.29 is 4.42 Å². The molecule has 3 N–H and O–H groups in total. The maximum absolute atomic E-state index is 11.7. The van der Waals surface area contributed by atoms with Gasteiger partial charge in [0.05, 0.1) is 0 Å². The molecule has 2 rings (SSSR count). The van der Waals surface area contributed by atoms with E-state index >= 15 is 0 Å². The second-order valence-corrected chi connectivity index (χ2v) is 4.52. The first-order valence-electron chi connectivity index (χ1n) is 6.74. The molecule has 2 aromatic rings. The SMILES string of the molecule is CCNc1cc2oc(=O)c(N)c(CC)c2cc1CC. The third-order valence-electron chi connectivity index (χ3n) is 3.38. The zero-order chi connectivity index (χ0) is 14.0. The highest BCUT2D eigenvalue weighted by Gasteiger charge is 2.13. The number of benzene rings is 1. The molecule has 0 bridgehead atoms. The number of hydrogen-bond acceptors (Lipinski definition) is 4. The van der Waals surface area contributed by atoms with Crippen LogP contribution in [0, 0.1) is 0 Å². The molecular formula is C15H20N2O2. The van der Waals surface area contributed by atoms with Gasteiger partial charge in [-0.2, -0.15) is 0 Å². The van der Waals surface area contributed by atoms with Gasteiger partial charge in [-0.3, -0.25) is 0 Å². The van der Waals surface area contributed by atoms with Gasteiger partial charge in [-0.05, 0) is 37.0 Å². The topological polar surface area (TPSA) is 68.3 Å². The molecule has 0 saturated heterocycles. The molecule has 0 unspecified atom stereocenters. The molecule has 1 heterocycles. The van der Waals surface area contributed by atoms with E-state index in [1.165, 1.54) is 5.56 Å². The molecule has 0 aliphatic carbocycles. The molecule has 0 saturated carbocycles. The molecule has 0 amide bonds. The van der Waals surface area contributed by atoms with Crippen LogP contribution in [0.3, 0.4) is 0 Å². The third-order valence-corrected chi connectivity index (χ3v) is 3.38. The van der Waals surface area contributed by atoms with E-state index in [1.54, 1.807) is 0 Å². The van der Waals surface area contributed by atoms with Gasteiger partial charge >= 0.3 is 5.63 Å².